The number of benzene rings is 1. The summed E-state index contributed by atoms with van der Waals surface area (Å²) in [4.78, 5) is 2.63. The van der Waals surface area contributed by atoms with Crippen LogP contribution in [0.2, 0.25) is 0 Å². The van der Waals surface area contributed by atoms with E-state index in [1.54, 1.807) is 0 Å². The zero-order valence-electron chi connectivity index (χ0n) is 13.9. The maximum Gasteiger partial charge on any atom is 0.0387 e. The summed E-state index contributed by atoms with van der Waals surface area (Å²) in [6.07, 6.45) is 6.89. The third-order valence-electron chi connectivity index (χ3n) is 5.48. The minimum Gasteiger partial charge on any atom is -0.366 e. The van der Waals surface area contributed by atoms with Crippen LogP contribution >= 0.6 is 0 Å². The van der Waals surface area contributed by atoms with Crippen molar-refractivity contribution < 1.29 is 0 Å². The van der Waals surface area contributed by atoms with Gasteiger partial charge in [0.1, 0.15) is 0 Å². The lowest BCUT2D eigenvalue weighted by Gasteiger charge is -2.50. The number of hydrogen-bond acceptors (Lipinski definition) is 2. The molecule has 1 unspecified atom stereocenters. The van der Waals surface area contributed by atoms with Crippen LogP contribution < -0.4 is 10.2 Å². The molecule has 3 rings (SSSR count). The van der Waals surface area contributed by atoms with Crippen molar-refractivity contribution in [3.8, 4) is 0 Å². The van der Waals surface area contributed by atoms with Crippen molar-refractivity contribution in [3.63, 3.8) is 0 Å². The van der Waals surface area contributed by atoms with Gasteiger partial charge in [0.2, 0.25) is 0 Å². The van der Waals surface area contributed by atoms with Crippen molar-refractivity contribution in [3.05, 3.63) is 29.8 Å². The van der Waals surface area contributed by atoms with E-state index in [0.29, 0.717) is 17.5 Å². The highest BCUT2D eigenvalue weighted by atomic mass is 15.3. The number of rotatable bonds is 2. The first-order valence-corrected chi connectivity index (χ1v) is 8.71. The molecule has 0 bridgehead atoms. The Morgan fingerprint density at radius 1 is 1.10 bits per heavy atom. The van der Waals surface area contributed by atoms with E-state index < -0.39 is 0 Å². The van der Waals surface area contributed by atoms with Gasteiger partial charge >= 0.3 is 0 Å². The summed E-state index contributed by atoms with van der Waals surface area (Å²) >= 11 is 0. The van der Waals surface area contributed by atoms with Gasteiger partial charge in [0.15, 0.2) is 0 Å². The monoisotopic (exact) mass is 286 g/mol. The van der Waals surface area contributed by atoms with Gasteiger partial charge in [0.25, 0.3) is 0 Å². The van der Waals surface area contributed by atoms with Crippen molar-refractivity contribution in [2.75, 3.05) is 18.0 Å². The topological polar surface area (TPSA) is 15.3 Å². The van der Waals surface area contributed by atoms with E-state index in [0.717, 1.165) is 6.54 Å². The molecule has 1 aromatic rings. The van der Waals surface area contributed by atoms with E-state index in [9.17, 15) is 0 Å². The minimum absolute atomic E-state index is 0.376. The lowest BCUT2D eigenvalue weighted by atomic mass is 9.79. The number of piperazine rings is 1. The first kappa shape index (κ1) is 14.9. The average molecular weight is 286 g/mol. The molecule has 1 aliphatic carbocycles. The third-order valence-corrected chi connectivity index (χ3v) is 5.48. The van der Waals surface area contributed by atoms with Crippen LogP contribution in [0.5, 0.6) is 0 Å². The molecule has 2 heteroatoms. The van der Waals surface area contributed by atoms with Crippen LogP contribution in [0.1, 0.15) is 64.4 Å². The van der Waals surface area contributed by atoms with Crippen LogP contribution in [-0.2, 0) is 0 Å². The predicted octanol–water partition coefficient (Wildman–Crippen LogP) is 4.31. The molecule has 1 aromatic carbocycles. The third kappa shape index (κ3) is 3.11. The molecular weight excluding hydrogens is 256 g/mol. The van der Waals surface area contributed by atoms with Gasteiger partial charge in [-0.25, -0.2) is 0 Å². The highest BCUT2D eigenvalue weighted by molar-refractivity contribution is 5.50. The Bertz CT molecular complexity index is 457. The summed E-state index contributed by atoms with van der Waals surface area (Å²) in [6.45, 7) is 9.17. The Balaban J connectivity index is 1.78. The van der Waals surface area contributed by atoms with Gasteiger partial charge < -0.3 is 10.2 Å². The van der Waals surface area contributed by atoms with Crippen molar-refractivity contribution in [2.45, 2.75) is 70.4 Å². The number of nitrogens with one attached hydrogen (secondary N) is 1. The van der Waals surface area contributed by atoms with Crippen LogP contribution in [0, 0.1) is 0 Å². The smallest absolute Gasteiger partial charge is 0.0387 e. The van der Waals surface area contributed by atoms with Crippen LogP contribution in [0.25, 0.3) is 0 Å². The number of anilines is 1. The quantitative estimate of drug-likeness (QED) is 0.871. The van der Waals surface area contributed by atoms with E-state index in [-0.39, 0.29) is 0 Å². The van der Waals surface area contributed by atoms with Crippen molar-refractivity contribution in [1.82, 2.24) is 5.32 Å². The summed E-state index contributed by atoms with van der Waals surface area (Å²) in [5, 5.41) is 3.87. The molecule has 1 saturated heterocycles. The molecule has 1 aliphatic heterocycles. The molecule has 1 heterocycles. The van der Waals surface area contributed by atoms with E-state index >= 15 is 0 Å². The number of hydrogen-bond donors (Lipinski definition) is 1. The van der Waals surface area contributed by atoms with Gasteiger partial charge in [-0.2, -0.15) is 0 Å². The Kier molecular flexibility index (Phi) is 4.26. The normalized spacial score (nSPS) is 25.5. The molecule has 1 saturated carbocycles. The van der Waals surface area contributed by atoms with Gasteiger partial charge in [-0.3, -0.25) is 0 Å². The van der Waals surface area contributed by atoms with E-state index in [1.165, 1.54) is 49.9 Å². The SMILES string of the molecule is CC(C)c1ccc(N2CC3(CCCCC3)NCC2C)cc1. The lowest BCUT2D eigenvalue weighted by molar-refractivity contribution is 0.200. The summed E-state index contributed by atoms with van der Waals surface area (Å²) in [5.41, 5.74) is 3.22. The molecule has 0 amide bonds. The van der Waals surface area contributed by atoms with E-state index in [2.05, 4.69) is 55.3 Å². The Morgan fingerprint density at radius 3 is 2.38 bits per heavy atom. The zero-order valence-corrected chi connectivity index (χ0v) is 13.9. The van der Waals surface area contributed by atoms with Gasteiger partial charge in [-0.1, -0.05) is 45.2 Å². The van der Waals surface area contributed by atoms with E-state index in [4.69, 9.17) is 0 Å². The van der Waals surface area contributed by atoms with Crippen LogP contribution in [0.15, 0.2) is 24.3 Å². The van der Waals surface area contributed by atoms with Gasteiger partial charge in [0, 0.05) is 30.4 Å². The fraction of sp³-hybridized carbons (Fsp3) is 0.684. The van der Waals surface area contributed by atoms with Gasteiger partial charge in [-0.05, 0) is 43.4 Å². The van der Waals surface area contributed by atoms with Gasteiger partial charge in [0.05, 0.1) is 0 Å². The standard InChI is InChI=1S/C19H30N2/c1-15(2)17-7-9-18(10-8-17)21-14-19(20-13-16(21)3)11-5-4-6-12-19/h7-10,15-16,20H,4-6,11-14H2,1-3H3. The molecule has 0 aromatic heterocycles. The predicted molar refractivity (Wildman–Crippen MR) is 91.2 cm³/mol. The maximum atomic E-state index is 3.87. The first-order valence-electron chi connectivity index (χ1n) is 8.71. The van der Waals surface area contributed by atoms with Crippen LogP contribution in [-0.4, -0.2) is 24.7 Å². The van der Waals surface area contributed by atoms with Crippen molar-refractivity contribution in [1.29, 1.82) is 0 Å². The number of nitrogens with zero attached hydrogens (tertiary/aromatic N) is 1. The minimum atomic E-state index is 0.376. The molecule has 2 fully saturated rings. The Labute approximate surface area is 129 Å². The molecule has 2 nitrogen and oxygen atoms in total. The molecule has 21 heavy (non-hydrogen) atoms. The lowest BCUT2D eigenvalue weighted by Crippen LogP contribution is -2.64. The van der Waals surface area contributed by atoms with Crippen LogP contribution in [0.3, 0.4) is 0 Å². The second kappa shape index (κ2) is 6.00. The molecule has 0 radical (unpaired) electrons. The van der Waals surface area contributed by atoms with Crippen molar-refractivity contribution in [2.24, 2.45) is 0 Å². The first-order chi connectivity index (χ1) is 10.1. The molecule has 116 valence electrons. The Morgan fingerprint density at radius 2 is 1.76 bits per heavy atom. The zero-order chi connectivity index (χ0) is 14.9. The fourth-order valence-corrected chi connectivity index (χ4v) is 3.97. The molecule has 1 spiro atoms. The van der Waals surface area contributed by atoms with Gasteiger partial charge in [-0.15, -0.1) is 0 Å². The maximum absolute atomic E-state index is 3.87. The summed E-state index contributed by atoms with van der Waals surface area (Å²) in [7, 11) is 0. The molecular formula is C19H30N2. The molecule has 2 aliphatic rings. The highest BCUT2D eigenvalue weighted by Gasteiger charge is 2.38. The van der Waals surface area contributed by atoms with Crippen molar-refractivity contribution >= 4 is 5.69 Å². The highest BCUT2D eigenvalue weighted by Crippen LogP contribution is 2.34. The molecule has 1 atom stereocenters. The van der Waals surface area contributed by atoms with E-state index in [1.807, 2.05) is 0 Å². The largest absolute Gasteiger partial charge is 0.366 e. The van der Waals surface area contributed by atoms with Crippen LogP contribution in [0.4, 0.5) is 5.69 Å². The fourth-order valence-electron chi connectivity index (χ4n) is 3.97. The molecule has 1 N–H and O–H groups in total. The summed E-state index contributed by atoms with van der Waals surface area (Å²) in [5.74, 6) is 0.615. The second-order valence-electron chi connectivity index (χ2n) is 7.45. The summed E-state index contributed by atoms with van der Waals surface area (Å²) < 4.78 is 0. The second-order valence-corrected chi connectivity index (χ2v) is 7.45. The average Bonchev–Trinajstić information content (AvgIpc) is 2.51. The Hall–Kier alpha value is -1.02. The summed E-state index contributed by atoms with van der Waals surface area (Å²) in [6, 6.07) is 9.86.